The Hall–Kier alpha value is -4.02. The zero-order valence-corrected chi connectivity index (χ0v) is 21.9. The minimum absolute atomic E-state index is 0.0815. The van der Waals surface area contributed by atoms with Crippen LogP contribution in [0.15, 0.2) is 77.0 Å². The number of aromatic nitrogens is 3. The van der Waals surface area contributed by atoms with Crippen molar-refractivity contribution in [3.05, 3.63) is 77.3 Å². The molecule has 11 heteroatoms. The normalized spacial score (nSPS) is 10.9. The lowest BCUT2D eigenvalue weighted by atomic mass is 10.2. The first-order valence-electron chi connectivity index (χ1n) is 11.1. The third-order valence-corrected chi connectivity index (χ3v) is 6.35. The van der Waals surface area contributed by atoms with Crippen LogP contribution in [0.4, 0.5) is 0 Å². The van der Waals surface area contributed by atoms with E-state index in [4.69, 9.17) is 25.8 Å². The summed E-state index contributed by atoms with van der Waals surface area (Å²) < 4.78 is 17.9. The molecule has 0 radical (unpaired) electrons. The molecular formula is C26H24ClN5O4S. The van der Waals surface area contributed by atoms with Crippen LogP contribution in [0.5, 0.6) is 17.2 Å². The lowest BCUT2D eigenvalue weighted by Gasteiger charge is -2.12. The van der Waals surface area contributed by atoms with Gasteiger partial charge >= 0.3 is 0 Å². The first-order chi connectivity index (χ1) is 18.0. The standard InChI is InChI=1S/C26H24ClN5O4S/c1-34-21-13-17(14-22(35-2)24(21)36-3)15-28-29-23(33)16-37-26-31-30-25(18-9-11-19(27)12-10-18)32(26)20-7-5-4-6-8-20/h4-15H,16H2,1-3H3,(H,29,33)/b28-15+. The fourth-order valence-corrected chi connectivity index (χ4v) is 4.35. The number of halogens is 1. The third-order valence-electron chi connectivity index (χ3n) is 5.17. The minimum Gasteiger partial charge on any atom is -0.493 e. The van der Waals surface area contributed by atoms with E-state index in [9.17, 15) is 4.79 Å². The van der Waals surface area contributed by atoms with Crippen molar-refractivity contribution >= 4 is 35.5 Å². The van der Waals surface area contributed by atoms with Gasteiger partial charge in [-0.25, -0.2) is 5.43 Å². The van der Waals surface area contributed by atoms with Crippen molar-refractivity contribution in [1.82, 2.24) is 20.2 Å². The molecule has 9 nitrogen and oxygen atoms in total. The highest BCUT2D eigenvalue weighted by Crippen LogP contribution is 2.37. The van der Waals surface area contributed by atoms with Gasteiger partial charge in [0.1, 0.15) is 0 Å². The fraction of sp³-hybridized carbons (Fsp3) is 0.154. The molecular weight excluding hydrogens is 514 g/mol. The number of carbonyl (C=O) groups excluding carboxylic acids is 1. The summed E-state index contributed by atoms with van der Waals surface area (Å²) in [6.45, 7) is 0. The fourth-order valence-electron chi connectivity index (χ4n) is 3.48. The highest BCUT2D eigenvalue weighted by atomic mass is 35.5. The topological polar surface area (TPSA) is 99.9 Å². The number of thioether (sulfide) groups is 1. The van der Waals surface area contributed by atoms with Gasteiger partial charge in [0, 0.05) is 21.8 Å². The van der Waals surface area contributed by atoms with Crippen molar-refractivity contribution in [1.29, 1.82) is 0 Å². The van der Waals surface area contributed by atoms with Gasteiger partial charge < -0.3 is 14.2 Å². The molecule has 0 aliphatic rings. The summed E-state index contributed by atoms with van der Waals surface area (Å²) in [4.78, 5) is 12.5. The molecule has 0 bridgehead atoms. The van der Waals surface area contributed by atoms with E-state index in [1.54, 1.807) is 24.3 Å². The number of methoxy groups -OCH3 is 3. The third kappa shape index (κ3) is 6.22. The minimum atomic E-state index is -0.302. The number of carbonyl (C=O) groups is 1. The van der Waals surface area contributed by atoms with Crippen molar-refractivity contribution < 1.29 is 19.0 Å². The number of hydrazone groups is 1. The van der Waals surface area contributed by atoms with Gasteiger partial charge in [0.05, 0.1) is 33.3 Å². The van der Waals surface area contributed by atoms with Gasteiger partial charge in [0.25, 0.3) is 5.91 Å². The van der Waals surface area contributed by atoms with Crippen LogP contribution in [0.25, 0.3) is 17.1 Å². The zero-order valence-electron chi connectivity index (χ0n) is 20.3. The number of nitrogens with one attached hydrogen (secondary N) is 1. The first kappa shape index (κ1) is 26.1. The highest BCUT2D eigenvalue weighted by Gasteiger charge is 2.17. The van der Waals surface area contributed by atoms with Crippen molar-refractivity contribution in [2.45, 2.75) is 5.16 Å². The molecule has 190 valence electrons. The summed E-state index contributed by atoms with van der Waals surface area (Å²) in [6, 6.07) is 20.5. The Labute approximate surface area is 223 Å². The molecule has 0 atom stereocenters. The Kier molecular flexibility index (Phi) is 8.65. The van der Waals surface area contributed by atoms with Gasteiger partial charge in [-0.05, 0) is 48.5 Å². The summed E-state index contributed by atoms with van der Waals surface area (Å²) in [5.41, 5.74) is 4.93. The molecule has 1 N–H and O–H groups in total. The zero-order chi connectivity index (χ0) is 26.2. The van der Waals surface area contributed by atoms with Crippen molar-refractivity contribution in [2.75, 3.05) is 27.1 Å². The van der Waals surface area contributed by atoms with Crippen LogP contribution < -0.4 is 19.6 Å². The van der Waals surface area contributed by atoms with E-state index in [2.05, 4.69) is 20.7 Å². The van der Waals surface area contributed by atoms with E-state index in [0.717, 1.165) is 11.3 Å². The Morgan fingerprint density at radius 1 is 1.00 bits per heavy atom. The van der Waals surface area contributed by atoms with Crippen LogP contribution in [-0.4, -0.2) is 54.0 Å². The van der Waals surface area contributed by atoms with Crippen molar-refractivity contribution in [2.24, 2.45) is 5.10 Å². The van der Waals surface area contributed by atoms with E-state index in [-0.39, 0.29) is 11.7 Å². The lowest BCUT2D eigenvalue weighted by molar-refractivity contribution is -0.118. The summed E-state index contributed by atoms with van der Waals surface area (Å²) in [5, 5.41) is 14.0. The van der Waals surface area contributed by atoms with Crippen molar-refractivity contribution in [3.63, 3.8) is 0 Å². The van der Waals surface area contributed by atoms with Gasteiger partial charge in [0.15, 0.2) is 22.5 Å². The maximum Gasteiger partial charge on any atom is 0.250 e. The summed E-state index contributed by atoms with van der Waals surface area (Å²) in [7, 11) is 4.59. The molecule has 0 fully saturated rings. The number of benzene rings is 3. The molecule has 0 unspecified atom stereocenters. The lowest BCUT2D eigenvalue weighted by Crippen LogP contribution is -2.20. The molecule has 4 aromatic rings. The number of amides is 1. The molecule has 37 heavy (non-hydrogen) atoms. The summed E-state index contributed by atoms with van der Waals surface area (Å²) >= 11 is 7.30. The van der Waals surface area contributed by atoms with E-state index < -0.39 is 0 Å². The number of nitrogens with zero attached hydrogens (tertiary/aromatic N) is 4. The molecule has 3 aromatic carbocycles. The monoisotopic (exact) mass is 537 g/mol. The van der Waals surface area contributed by atoms with Gasteiger partial charge in [-0.1, -0.05) is 41.6 Å². The predicted molar refractivity (Wildman–Crippen MR) is 144 cm³/mol. The van der Waals surface area contributed by atoms with E-state index in [0.29, 0.717) is 38.8 Å². The second-order valence-corrected chi connectivity index (χ2v) is 8.90. The first-order valence-corrected chi connectivity index (χ1v) is 12.4. The molecule has 0 saturated heterocycles. The maximum absolute atomic E-state index is 12.5. The van der Waals surface area contributed by atoms with Gasteiger partial charge in [0.2, 0.25) is 5.75 Å². The van der Waals surface area contributed by atoms with Crippen LogP contribution in [0.1, 0.15) is 5.56 Å². The van der Waals surface area contributed by atoms with Crippen LogP contribution in [0.3, 0.4) is 0 Å². The van der Waals surface area contributed by atoms with E-state index in [1.165, 1.54) is 39.3 Å². The number of para-hydroxylation sites is 1. The number of hydrogen-bond donors (Lipinski definition) is 1. The van der Waals surface area contributed by atoms with Crippen LogP contribution in [-0.2, 0) is 4.79 Å². The highest BCUT2D eigenvalue weighted by molar-refractivity contribution is 7.99. The average molecular weight is 538 g/mol. The molecule has 0 saturated carbocycles. The molecule has 1 aromatic heterocycles. The summed E-state index contributed by atoms with van der Waals surface area (Å²) in [6.07, 6.45) is 1.50. The molecule has 0 spiro atoms. The molecule has 1 heterocycles. The molecule has 0 aliphatic heterocycles. The molecule has 4 rings (SSSR count). The predicted octanol–water partition coefficient (Wildman–Crippen LogP) is 4.86. The largest absolute Gasteiger partial charge is 0.493 e. The van der Waals surface area contributed by atoms with E-state index >= 15 is 0 Å². The average Bonchev–Trinajstić information content (AvgIpc) is 3.36. The Balaban J connectivity index is 1.47. The van der Waals surface area contributed by atoms with Gasteiger partial charge in [-0.3, -0.25) is 9.36 Å². The van der Waals surface area contributed by atoms with Gasteiger partial charge in [-0.15, -0.1) is 10.2 Å². The molecule has 1 amide bonds. The quantitative estimate of drug-likeness (QED) is 0.175. The smallest absolute Gasteiger partial charge is 0.250 e. The van der Waals surface area contributed by atoms with Crippen LogP contribution in [0.2, 0.25) is 5.02 Å². The Morgan fingerprint density at radius 2 is 1.68 bits per heavy atom. The van der Waals surface area contributed by atoms with E-state index in [1.807, 2.05) is 47.0 Å². The number of hydrogen-bond acceptors (Lipinski definition) is 8. The van der Waals surface area contributed by atoms with Gasteiger partial charge in [-0.2, -0.15) is 5.10 Å². The SMILES string of the molecule is COc1cc(/C=N/NC(=O)CSc2nnc(-c3ccc(Cl)cc3)n2-c2ccccc2)cc(OC)c1OC. The maximum atomic E-state index is 12.5. The number of rotatable bonds is 10. The second kappa shape index (κ2) is 12.3. The Bertz CT molecular complexity index is 1370. The van der Waals surface area contributed by atoms with Crippen molar-refractivity contribution in [3.8, 4) is 34.3 Å². The summed E-state index contributed by atoms with van der Waals surface area (Å²) in [5.74, 6) is 1.88. The van der Waals surface area contributed by atoms with Crippen LogP contribution in [0, 0.1) is 0 Å². The number of ether oxygens (including phenoxy) is 3. The molecule has 0 aliphatic carbocycles. The Morgan fingerprint density at radius 3 is 2.30 bits per heavy atom. The second-order valence-electron chi connectivity index (χ2n) is 7.52. The van der Waals surface area contributed by atoms with Crippen LogP contribution >= 0.6 is 23.4 Å².